The van der Waals surface area contributed by atoms with E-state index in [1.165, 1.54) is 23.3 Å². The van der Waals surface area contributed by atoms with Crippen molar-refractivity contribution in [2.75, 3.05) is 13.1 Å². The highest BCUT2D eigenvalue weighted by Crippen LogP contribution is 2.30. The highest BCUT2D eigenvalue weighted by molar-refractivity contribution is 7.10. The van der Waals surface area contributed by atoms with E-state index >= 15 is 0 Å². The van der Waals surface area contributed by atoms with E-state index in [1.54, 1.807) is 11.3 Å². The van der Waals surface area contributed by atoms with Crippen LogP contribution in [0.3, 0.4) is 0 Å². The molecule has 0 aliphatic carbocycles. The van der Waals surface area contributed by atoms with Crippen molar-refractivity contribution in [1.82, 2.24) is 10.2 Å². The van der Waals surface area contributed by atoms with Crippen molar-refractivity contribution in [2.45, 2.75) is 64.8 Å². The van der Waals surface area contributed by atoms with Crippen LogP contribution < -0.4 is 10.1 Å². The predicted molar refractivity (Wildman–Crippen MR) is 111 cm³/mol. The molecule has 1 unspecified atom stereocenters. The van der Waals surface area contributed by atoms with Crippen molar-refractivity contribution < 1.29 is 4.74 Å². The normalized spacial score (nSPS) is 22.3. The Labute approximate surface area is 162 Å². The summed E-state index contributed by atoms with van der Waals surface area (Å²) in [4.78, 5) is 3.87. The maximum atomic E-state index is 6.41. The summed E-state index contributed by atoms with van der Waals surface area (Å²) in [5, 5.41) is 5.74. The minimum Gasteiger partial charge on any atom is -0.485 e. The first kappa shape index (κ1) is 19.4. The third-order valence-corrected chi connectivity index (χ3v) is 5.86. The second-order valence-electron chi connectivity index (χ2n) is 7.57. The van der Waals surface area contributed by atoms with Crippen LogP contribution in [0.25, 0.3) is 0 Å². The van der Waals surface area contributed by atoms with Gasteiger partial charge in [-0.3, -0.25) is 4.90 Å². The minimum atomic E-state index is 0.171. The van der Waals surface area contributed by atoms with Crippen molar-refractivity contribution >= 4 is 11.3 Å². The van der Waals surface area contributed by atoms with Crippen molar-refractivity contribution in [3.05, 3.63) is 52.2 Å². The van der Waals surface area contributed by atoms with Crippen LogP contribution in [0, 0.1) is 0 Å². The lowest BCUT2D eigenvalue weighted by Gasteiger charge is -2.36. The number of hydrogen-bond acceptors (Lipinski definition) is 4. The molecule has 3 atom stereocenters. The zero-order chi connectivity index (χ0) is 18.4. The largest absolute Gasteiger partial charge is 0.485 e. The van der Waals surface area contributed by atoms with Gasteiger partial charge in [0.15, 0.2) is 0 Å². The molecule has 0 spiro atoms. The van der Waals surface area contributed by atoms with E-state index in [1.807, 2.05) is 0 Å². The van der Waals surface area contributed by atoms with Gasteiger partial charge in [0.25, 0.3) is 0 Å². The molecule has 1 aromatic heterocycles. The van der Waals surface area contributed by atoms with Crippen molar-refractivity contribution in [3.8, 4) is 5.75 Å². The van der Waals surface area contributed by atoms with Gasteiger partial charge in [-0.1, -0.05) is 31.5 Å². The molecule has 1 saturated heterocycles. The van der Waals surface area contributed by atoms with Crippen LogP contribution in [0.5, 0.6) is 5.75 Å². The van der Waals surface area contributed by atoms with Crippen LogP contribution in [0.1, 0.15) is 56.6 Å². The number of piperazine rings is 1. The van der Waals surface area contributed by atoms with Crippen LogP contribution in [0.4, 0.5) is 0 Å². The van der Waals surface area contributed by atoms with Crippen LogP contribution in [-0.2, 0) is 6.54 Å². The lowest BCUT2D eigenvalue weighted by atomic mass is 10.1. The fraction of sp³-hybridized carbons (Fsp3) is 0.545. The van der Waals surface area contributed by atoms with E-state index in [4.69, 9.17) is 4.74 Å². The Morgan fingerprint density at radius 3 is 2.69 bits per heavy atom. The number of nitrogens with one attached hydrogen (secondary N) is 1. The second-order valence-corrected chi connectivity index (χ2v) is 8.55. The number of nitrogens with zero attached hydrogens (tertiary/aromatic N) is 1. The number of benzene rings is 1. The Bertz CT molecular complexity index is 648. The molecular formula is C22H32N2OS. The number of unbranched alkanes of at least 4 members (excludes halogenated alkanes) is 1. The molecule has 1 fully saturated rings. The van der Waals surface area contributed by atoms with Gasteiger partial charge >= 0.3 is 0 Å². The smallest absolute Gasteiger partial charge is 0.133 e. The molecule has 1 aliphatic heterocycles. The number of hydrogen-bond donors (Lipinski definition) is 1. The number of ether oxygens (including phenoxy) is 1. The van der Waals surface area contributed by atoms with Gasteiger partial charge in [-0.15, -0.1) is 11.3 Å². The highest BCUT2D eigenvalue weighted by Gasteiger charge is 2.21. The summed E-state index contributed by atoms with van der Waals surface area (Å²) in [6.07, 6.45) is 3.64. The Morgan fingerprint density at radius 1 is 1.19 bits per heavy atom. The highest BCUT2D eigenvalue weighted by atomic mass is 32.1. The summed E-state index contributed by atoms with van der Waals surface area (Å²) >= 11 is 1.79. The van der Waals surface area contributed by atoms with Crippen LogP contribution in [0.15, 0.2) is 41.8 Å². The van der Waals surface area contributed by atoms with Gasteiger partial charge in [0.1, 0.15) is 11.9 Å². The lowest BCUT2D eigenvalue weighted by Crippen LogP contribution is -2.53. The van der Waals surface area contributed by atoms with Gasteiger partial charge in [-0.2, -0.15) is 0 Å². The van der Waals surface area contributed by atoms with Gasteiger partial charge in [0, 0.05) is 36.6 Å². The minimum absolute atomic E-state index is 0.171. The van der Waals surface area contributed by atoms with Crippen molar-refractivity contribution in [2.24, 2.45) is 0 Å². The van der Waals surface area contributed by atoms with E-state index in [9.17, 15) is 0 Å². The Balaban J connectivity index is 1.66. The van der Waals surface area contributed by atoms with E-state index in [2.05, 4.69) is 72.8 Å². The molecule has 1 aromatic carbocycles. The topological polar surface area (TPSA) is 24.5 Å². The van der Waals surface area contributed by atoms with E-state index in [0.717, 1.165) is 31.8 Å². The predicted octanol–water partition coefficient (Wildman–Crippen LogP) is 5.24. The number of rotatable bonds is 8. The maximum Gasteiger partial charge on any atom is 0.133 e. The van der Waals surface area contributed by atoms with E-state index in [-0.39, 0.29) is 6.10 Å². The summed E-state index contributed by atoms with van der Waals surface area (Å²) in [5.74, 6) is 0.994. The van der Waals surface area contributed by atoms with Crippen molar-refractivity contribution in [3.63, 3.8) is 0 Å². The summed E-state index contributed by atoms with van der Waals surface area (Å²) in [5.41, 5.74) is 1.34. The SMILES string of the molecule is CCCCC(Oc1cccc(CN2C[C@@H](C)N[C@@H](C)C2)c1)c1cccs1. The second kappa shape index (κ2) is 9.54. The molecule has 2 heterocycles. The quantitative estimate of drug-likeness (QED) is 0.686. The fourth-order valence-electron chi connectivity index (χ4n) is 3.83. The summed E-state index contributed by atoms with van der Waals surface area (Å²) in [6.45, 7) is 9.96. The zero-order valence-corrected chi connectivity index (χ0v) is 17.1. The van der Waals surface area contributed by atoms with Crippen LogP contribution in [0.2, 0.25) is 0 Å². The molecule has 0 radical (unpaired) electrons. The fourth-order valence-corrected chi connectivity index (χ4v) is 4.62. The third kappa shape index (κ3) is 5.57. The van der Waals surface area contributed by atoms with E-state index < -0.39 is 0 Å². The zero-order valence-electron chi connectivity index (χ0n) is 16.3. The van der Waals surface area contributed by atoms with Crippen LogP contribution >= 0.6 is 11.3 Å². The standard InChI is InChI=1S/C22H32N2OS/c1-4-5-10-21(22-11-7-12-26-22)25-20-9-6-8-19(13-20)16-24-14-17(2)23-18(3)15-24/h6-9,11-13,17-18,21,23H,4-5,10,14-16H2,1-3H3/t17-,18+,21?. The maximum absolute atomic E-state index is 6.41. The first-order chi connectivity index (χ1) is 12.6. The molecule has 1 N–H and O–H groups in total. The van der Waals surface area contributed by atoms with Crippen LogP contribution in [-0.4, -0.2) is 30.1 Å². The molecule has 142 valence electrons. The molecule has 1 aliphatic rings. The van der Waals surface area contributed by atoms with Gasteiger partial charge < -0.3 is 10.1 Å². The third-order valence-electron chi connectivity index (χ3n) is 4.90. The average Bonchev–Trinajstić information content (AvgIpc) is 3.12. The summed E-state index contributed by atoms with van der Waals surface area (Å²) in [7, 11) is 0. The molecular weight excluding hydrogens is 340 g/mol. The molecule has 3 nitrogen and oxygen atoms in total. The van der Waals surface area contributed by atoms with Gasteiger partial charge in [0.2, 0.25) is 0 Å². The average molecular weight is 373 g/mol. The van der Waals surface area contributed by atoms with Crippen molar-refractivity contribution in [1.29, 1.82) is 0 Å². The Kier molecular flexibility index (Phi) is 7.12. The summed E-state index contributed by atoms with van der Waals surface area (Å²) < 4.78 is 6.41. The first-order valence-electron chi connectivity index (χ1n) is 9.91. The lowest BCUT2D eigenvalue weighted by molar-refractivity contribution is 0.166. The van der Waals surface area contributed by atoms with E-state index in [0.29, 0.717) is 12.1 Å². The molecule has 26 heavy (non-hydrogen) atoms. The first-order valence-corrected chi connectivity index (χ1v) is 10.8. The monoisotopic (exact) mass is 372 g/mol. The van der Waals surface area contributed by atoms with Gasteiger partial charge in [-0.05, 0) is 55.8 Å². The molecule has 0 amide bonds. The molecule has 0 saturated carbocycles. The van der Waals surface area contributed by atoms with Gasteiger partial charge in [0.05, 0.1) is 0 Å². The molecule has 2 aromatic rings. The Hall–Kier alpha value is -1.36. The molecule has 0 bridgehead atoms. The Morgan fingerprint density at radius 2 is 2.00 bits per heavy atom. The number of thiophene rings is 1. The summed E-state index contributed by atoms with van der Waals surface area (Å²) in [6, 6.07) is 14.1. The molecule has 3 rings (SSSR count). The molecule has 4 heteroatoms. The van der Waals surface area contributed by atoms with Gasteiger partial charge in [-0.25, -0.2) is 0 Å².